The maximum Gasteiger partial charge on any atom is 0.0471 e. The summed E-state index contributed by atoms with van der Waals surface area (Å²) >= 11 is 0. The average molecular weight is 269 g/mol. The molecule has 1 rings (SSSR count). The van der Waals surface area contributed by atoms with E-state index in [0.717, 1.165) is 25.7 Å². The second-order valence-corrected chi connectivity index (χ2v) is 6.41. The van der Waals surface area contributed by atoms with E-state index in [9.17, 15) is 0 Å². The molecule has 114 valence electrons. The molecule has 1 aliphatic heterocycles. The lowest BCUT2D eigenvalue weighted by Gasteiger charge is -2.40. The summed E-state index contributed by atoms with van der Waals surface area (Å²) in [7, 11) is 0. The van der Waals surface area contributed by atoms with Crippen LogP contribution >= 0.6 is 0 Å². The molecule has 1 atom stereocenters. The Morgan fingerprint density at radius 3 is 2.42 bits per heavy atom. The van der Waals surface area contributed by atoms with E-state index < -0.39 is 0 Å². The summed E-state index contributed by atoms with van der Waals surface area (Å²) in [5.74, 6) is 0.918. The summed E-state index contributed by atoms with van der Waals surface area (Å²) in [5.41, 5.74) is 0.516. The second kappa shape index (κ2) is 9.77. The predicted molar refractivity (Wildman–Crippen MR) is 83.6 cm³/mol. The van der Waals surface area contributed by atoms with Gasteiger partial charge in [0, 0.05) is 19.8 Å². The van der Waals surface area contributed by atoms with Crippen LogP contribution in [0, 0.1) is 11.3 Å². The van der Waals surface area contributed by atoms with Crippen molar-refractivity contribution in [2.75, 3.05) is 26.3 Å². The fraction of sp³-hybridized carbons (Fsp3) is 1.00. The topological polar surface area (TPSA) is 21.3 Å². The number of nitrogens with one attached hydrogen (secondary N) is 1. The third-order valence-electron chi connectivity index (χ3n) is 4.75. The Balaban J connectivity index is 2.50. The molecule has 0 aromatic rings. The van der Waals surface area contributed by atoms with E-state index in [-0.39, 0.29) is 0 Å². The zero-order chi connectivity index (χ0) is 14.0. The van der Waals surface area contributed by atoms with Crippen molar-refractivity contribution in [2.45, 2.75) is 72.1 Å². The molecule has 1 heterocycles. The van der Waals surface area contributed by atoms with Gasteiger partial charge >= 0.3 is 0 Å². The van der Waals surface area contributed by atoms with E-state index in [1.54, 1.807) is 0 Å². The van der Waals surface area contributed by atoms with Crippen molar-refractivity contribution < 1.29 is 4.74 Å². The highest BCUT2D eigenvalue weighted by Gasteiger charge is 2.34. The summed E-state index contributed by atoms with van der Waals surface area (Å²) in [5, 5.41) is 3.68. The highest BCUT2D eigenvalue weighted by atomic mass is 16.5. The van der Waals surface area contributed by atoms with Gasteiger partial charge in [0.05, 0.1) is 0 Å². The maximum absolute atomic E-state index is 5.60. The standard InChI is InChI=1S/C17H35NO/c1-4-7-8-16(6-3)14-17(15-18-11-5-2)9-12-19-13-10-17/h16,18H,4-15H2,1-3H3. The largest absolute Gasteiger partial charge is 0.381 e. The molecule has 19 heavy (non-hydrogen) atoms. The minimum atomic E-state index is 0.516. The number of hydrogen-bond donors (Lipinski definition) is 1. The molecule has 1 saturated heterocycles. The molecule has 1 fully saturated rings. The maximum atomic E-state index is 5.60. The van der Waals surface area contributed by atoms with Crippen molar-refractivity contribution in [3.05, 3.63) is 0 Å². The van der Waals surface area contributed by atoms with Crippen LogP contribution in [0.15, 0.2) is 0 Å². The van der Waals surface area contributed by atoms with E-state index in [2.05, 4.69) is 26.1 Å². The molecular formula is C17H35NO. The Morgan fingerprint density at radius 2 is 1.84 bits per heavy atom. The highest BCUT2D eigenvalue weighted by Crippen LogP contribution is 2.38. The molecule has 1 aliphatic rings. The SMILES string of the molecule is CCCCC(CC)CC1(CNCCC)CCOCC1. The molecule has 0 saturated carbocycles. The molecular weight excluding hydrogens is 234 g/mol. The van der Waals surface area contributed by atoms with Gasteiger partial charge in [-0.1, -0.05) is 46.5 Å². The van der Waals surface area contributed by atoms with Crippen LogP contribution in [0.5, 0.6) is 0 Å². The Bertz CT molecular complexity index is 211. The van der Waals surface area contributed by atoms with Gasteiger partial charge in [-0.2, -0.15) is 0 Å². The normalized spacial score (nSPS) is 20.4. The van der Waals surface area contributed by atoms with Gasteiger partial charge in [0.25, 0.3) is 0 Å². The Labute approximate surface area is 120 Å². The minimum Gasteiger partial charge on any atom is -0.381 e. The van der Waals surface area contributed by atoms with Gasteiger partial charge in [-0.05, 0) is 43.6 Å². The van der Waals surface area contributed by atoms with E-state index >= 15 is 0 Å². The summed E-state index contributed by atoms with van der Waals surface area (Å²) in [6.07, 6.45) is 10.6. The van der Waals surface area contributed by atoms with Crippen molar-refractivity contribution in [1.82, 2.24) is 5.32 Å². The molecule has 2 heteroatoms. The highest BCUT2D eigenvalue weighted by molar-refractivity contribution is 4.86. The van der Waals surface area contributed by atoms with Crippen LogP contribution in [0.1, 0.15) is 72.1 Å². The van der Waals surface area contributed by atoms with Crippen molar-refractivity contribution in [3.8, 4) is 0 Å². The second-order valence-electron chi connectivity index (χ2n) is 6.41. The van der Waals surface area contributed by atoms with Crippen LogP contribution < -0.4 is 5.32 Å². The summed E-state index contributed by atoms with van der Waals surface area (Å²) < 4.78 is 5.60. The zero-order valence-corrected chi connectivity index (χ0v) is 13.5. The van der Waals surface area contributed by atoms with Crippen LogP contribution in [-0.4, -0.2) is 26.3 Å². The fourth-order valence-electron chi connectivity index (χ4n) is 3.34. The van der Waals surface area contributed by atoms with Gasteiger partial charge in [0.1, 0.15) is 0 Å². The fourth-order valence-corrected chi connectivity index (χ4v) is 3.34. The first-order valence-electron chi connectivity index (χ1n) is 8.54. The van der Waals surface area contributed by atoms with Gasteiger partial charge in [-0.3, -0.25) is 0 Å². The first-order valence-corrected chi connectivity index (χ1v) is 8.54. The number of rotatable bonds is 10. The molecule has 0 amide bonds. The van der Waals surface area contributed by atoms with Crippen LogP contribution in [0.3, 0.4) is 0 Å². The molecule has 0 radical (unpaired) electrons. The number of ether oxygens (including phenoxy) is 1. The van der Waals surface area contributed by atoms with Gasteiger partial charge < -0.3 is 10.1 Å². The van der Waals surface area contributed by atoms with Gasteiger partial charge in [-0.15, -0.1) is 0 Å². The minimum absolute atomic E-state index is 0.516. The molecule has 0 aromatic carbocycles. The first kappa shape index (κ1) is 17.0. The summed E-state index contributed by atoms with van der Waals surface area (Å²) in [6.45, 7) is 11.2. The van der Waals surface area contributed by atoms with Crippen LogP contribution in [0.2, 0.25) is 0 Å². The number of hydrogen-bond acceptors (Lipinski definition) is 2. The van der Waals surface area contributed by atoms with Gasteiger partial charge in [0.15, 0.2) is 0 Å². The smallest absolute Gasteiger partial charge is 0.0471 e. The summed E-state index contributed by atoms with van der Waals surface area (Å²) in [4.78, 5) is 0. The molecule has 0 bridgehead atoms. The molecule has 1 N–H and O–H groups in total. The van der Waals surface area contributed by atoms with Crippen LogP contribution in [0.25, 0.3) is 0 Å². The van der Waals surface area contributed by atoms with Crippen LogP contribution in [0.4, 0.5) is 0 Å². The Kier molecular flexibility index (Phi) is 8.72. The summed E-state index contributed by atoms with van der Waals surface area (Å²) in [6, 6.07) is 0. The van der Waals surface area contributed by atoms with Crippen molar-refractivity contribution >= 4 is 0 Å². The predicted octanol–water partition coefficient (Wildman–Crippen LogP) is 4.39. The van der Waals surface area contributed by atoms with E-state index in [4.69, 9.17) is 4.74 Å². The third kappa shape index (κ3) is 6.27. The van der Waals surface area contributed by atoms with E-state index in [1.807, 2.05) is 0 Å². The molecule has 1 unspecified atom stereocenters. The first-order chi connectivity index (χ1) is 9.26. The lowest BCUT2D eigenvalue weighted by molar-refractivity contribution is 0.00101. The van der Waals surface area contributed by atoms with E-state index in [1.165, 1.54) is 57.9 Å². The molecule has 2 nitrogen and oxygen atoms in total. The number of unbranched alkanes of at least 4 members (excludes halogenated alkanes) is 1. The zero-order valence-electron chi connectivity index (χ0n) is 13.5. The van der Waals surface area contributed by atoms with Crippen LogP contribution in [-0.2, 0) is 4.74 Å². The van der Waals surface area contributed by atoms with Crippen molar-refractivity contribution in [2.24, 2.45) is 11.3 Å². The lowest BCUT2D eigenvalue weighted by Crippen LogP contribution is -2.40. The lowest BCUT2D eigenvalue weighted by atomic mass is 9.71. The van der Waals surface area contributed by atoms with E-state index in [0.29, 0.717) is 5.41 Å². The molecule has 0 spiro atoms. The quantitative estimate of drug-likeness (QED) is 0.594. The van der Waals surface area contributed by atoms with Crippen molar-refractivity contribution in [3.63, 3.8) is 0 Å². The van der Waals surface area contributed by atoms with Gasteiger partial charge in [-0.25, -0.2) is 0 Å². The van der Waals surface area contributed by atoms with Gasteiger partial charge in [0.2, 0.25) is 0 Å². The Hall–Kier alpha value is -0.0800. The Morgan fingerprint density at radius 1 is 1.11 bits per heavy atom. The molecule has 0 aromatic heterocycles. The third-order valence-corrected chi connectivity index (χ3v) is 4.75. The molecule has 0 aliphatic carbocycles. The monoisotopic (exact) mass is 269 g/mol. The van der Waals surface area contributed by atoms with Crippen molar-refractivity contribution in [1.29, 1.82) is 0 Å². The average Bonchev–Trinajstić information content (AvgIpc) is 2.45.